The van der Waals surface area contributed by atoms with E-state index in [0.717, 1.165) is 116 Å². The highest BCUT2D eigenvalue weighted by Crippen LogP contribution is 2.56. The van der Waals surface area contributed by atoms with Crippen LogP contribution in [0, 0.1) is 22.7 Å². The maximum atomic E-state index is 10.0. The minimum absolute atomic E-state index is 0.170. The van der Waals surface area contributed by atoms with Gasteiger partial charge in [-0.15, -0.1) is 0 Å². The van der Waals surface area contributed by atoms with Crippen LogP contribution < -0.4 is 9.80 Å². The van der Waals surface area contributed by atoms with Gasteiger partial charge in [-0.1, -0.05) is 145 Å². The monoisotopic (exact) mass is 894 g/mol. The maximum absolute atomic E-state index is 10.0. The van der Waals surface area contributed by atoms with Crippen molar-refractivity contribution >= 4 is 111 Å². The molecule has 0 amide bonds. The predicted molar refractivity (Wildman–Crippen MR) is 282 cm³/mol. The molecule has 332 valence electrons. The van der Waals surface area contributed by atoms with Crippen LogP contribution in [0.25, 0.3) is 76.6 Å². The molecule has 0 aliphatic rings. The average Bonchev–Trinajstić information content (AvgIpc) is 4.07. The van der Waals surface area contributed by atoms with Gasteiger partial charge in [0, 0.05) is 60.2 Å². The van der Waals surface area contributed by atoms with Crippen molar-refractivity contribution in [3.8, 4) is 12.1 Å². The molecule has 0 spiro atoms. The Bertz CT molecular complexity index is 4130. The number of rotatable bonds is 6. The van der Waals surface area contributed by atoms with Gasteiger partial charge < -0.3 is 23.1 Å². The molecule has 0 atom stereocenters. The normalized spacial score (nSPS) is 12.2. The molecule has 9 aromatic carbocycles. The Morgan fingerprint density at radius 2 is 0.754 bits per heavy atom. The Labute approximate surface area is 399 Å². The molecule has 0 fully saturated rings. The predicted octanol–water partition coefficient (Wildman–Crippen LogP) is 17.8. The lowest BCUT2D eigenvalue weighted by Gasteiger charge is -2.31. The fourth-order valence-electron chi connectivity index (χ4n) is 10.3. The zero-order chi connectivity index (χ0) is 47.3. The van der Waals surface area contributed by atoms with Crippen molar-refractivity contribution in [1.82, 2.24) is 0 Å². The van der Waals surface area contributed by atoms with Crippen molar-refractivity contribution < 1.29 is 13.3 Å². The van der Waals surface area contributed by atoms with Gasteiger partial charge in [-0.3, -0.25) is 0 Å². The number of para-hydroxylation sites is 5. The van der Waals surface area contributed by atoms with E-state index in [1.54, 1.807) is 0 Å². The Hall–Kier alpha value is -8.78. The fraction of sp³-hybridized carbons (Fsp3) is 0.129. The summed E-state index contributed by atoms with van der Waals surface area (Å²) in [6.45, 7) is 13.3. The first-order valence-corrected chi connectivity index (χ1v) is 23.3. The Morgan fingerprint density at radius 3 is 1.22 bits per heavy atom. The summed E-state index contributed by atoms with van der Waals surface area (Å²) < 4.78 is 21.5. The number of hydrogen-bond donors (Lipinski definition) is 0. The van der Waals surface area contributed by atoms with Crippen LogP contribution in [0.1, 0.15) is 63.8 Å². The lowest BCUT2D eigenvalue weighted by molar-refractivity contribution is 0.572. The van der Waals surface area contributed by atoms with Gasteiger partial charge in [0.15, 0.2) is 16.7 Å². The van der Waals surface area contributed by atoms with E-state index >= 15 is 0 Å². The van der Waals surface area contributed by atoms with E-state index in [2.05, 4.69) is 173 Å². The lowest BCUT2D eigenvalue weighted by Crippen LogP contribution is -2.14. The third-order valence-corrected chi connectivity index (χ3v) is 13.5. The molecule has 0 saturated carbocycles. The Kier molecular flexibility index (Phi) is 9.28. The van der Waals surface area contributed by atoms with E-state index in [-0.39, 0.29) is 10.8 Å². The number of fused-ring (bicyclic) bond motifs is 10. The SMILES string of the molecule is CC(C)(C)c1cccc2c1oc1c(N(c3ccc(C#N)cc3)c3c4ccccc4c(N(c4ccc(C#N)cc4)c4cccc5c4oc4c(C(C)(C)C)cccc45)c4c3oc3ccccc34)cccc12. The Balaban J connectivity index is 1.24. The van der Waals surface area contributed by atoms with E-state index in [0.29, 0.717) is 16.7 Å². The molecule has 3 aromatic heterocycles. The average molecular weight is 895 g/mol. The van der Waals surface area contributed by atoms with E-state index in [9.17, 15) is 10.5 Å². The highest BCUT2D eigenvalue weighted by atomic mass is 16.3. The van der Waals surface area contributed by atoms with Crippen molar-refractivity contribution in [2.45, 2.75) is 52.4 Å². The zero-order valence-corrected chi connectivity index (χ0v) is 39.2. The summed E-state index contributed by atoms with van der Waals surface area (Å²) in [7, 11) is 0. The number of nitriles is 2. The minimum atomic E-state index is -0.171. The van der Waals surface area contributed by atoms with Crippen molar-refractivity contribution in [3.05, 3.63) is 192 Å². The van der Waals surface area contributed by atoms with Crippen LogP contribution >= 0.6 is 0 Å². The second-order valence-corrected chi connectivity index (χ2v) is 19.9. The van der Waals surface area contributed by atoms with Crippen LogP contribution in [-0.2, 0) is 10.8 Å². The summed E-state index contributed by atoms with van der Waals surface area (Å²) in [5.41, 5.74) is 12.6. The molecular formula is C62H46N4O3. The smallest absolute Gasteiger partial charge is 0.162 e. The van der Waals surface area contributed by atoms with E-state index in [1.165, 1.54) is 0 Å². The quantitative estimate of drug-likeness (QED) is 0.153. The number of anilines is 6. The van der Waals surface area contributed by atoms with Gasteiger partial charge in [0.25, 0.3) is 0 Å². The highest BCUT2D eigenvalue weighted by Gasteiger charge is 2.33. The second-order valence-electron chi connectivity index (χ2n) is 19.9. The lowest BCUT2D eigenvalue weighted by atomic mass is 9.86. The molecule has 0 aliphatic heterocycles. The molecule has 0 saturated heterocycles. The van der Waals surface area contributed by atoms with Crippen LogP contribution in [0.2, 0.25) is 0 Å². The Morgan fingerprint density at radius 1 is 0.362 bits per heavy atom. The van der Waals surface area contributed by atoms with Gasteiger partial charge in [0.1, 0.15) is 16.7 Å². The van der Waals surface area contributed by atoms with Crippen molar-refractivity contribution in [3.63, 3.8) is 0 Å². The van der Waals surface area contributed by atoms with Crippen LogP contribution in [0.4, 0.5) is 34.1 Å². The molecule has 3 heterocycles. The molecule has 69 heavy (non-hydrogen) atoms. The van der Waals surface area contributed by atoms with Crippen LogP contribution in [0.5, 0.6) is 0 Å². The standard InChI is InChI=1S/C62H46N4O3/c1-61(2,3)48-22-11-18-43-45-20-13-24-50(58(45)68-56(43)48)65(39-31-27-37(35-63)28-32-39)54-41-15-7-8-16-42(41)55(60-53(54)47-17-9-10-26-52(47)67-60)66(40-33-29-38(36-64)30-34-40)51-25-14-21-46-44-19-12-23-49(62(4,5)6)57(44)69-59(46)51/h7-34H,1-6H3. The molecule has 7 nitrogen and oxygen atoms in total. The first kappa shape index (κ1) is 41.6. The number of benzene rings is 9. The highest BCUT2D eigenvalue weighted by molar-refractivity contribution is 6.29. The molecule has 0 N–H and O–H groups in total. The van der Waals surface area contributed by atoms with Gasteiger partial charge in [-0.05, 0) is 77.6 Å². The largest absolute Gasteiger partial charge is 0.454 e. The summed E-state index contributed by atoms with van der Waals surface area (Å²) in [4.78, 5) is 4.51. The molecule has 0 unspecified atom stereocenters. The zero-order valence-electron chi connectivity index (χ0n) is 39.2. The van der Waals surface area contributed by atoms with Gasteiger partial charge in [-0.25, -0.2) is 0 Å². The third-order valence-electron chi connectivity index (χ3n) is 13.5. The summed E-state index contributed by atoms with van der Waals surface area (Å²) in [5, 5.41) is 27.8. The third kappa shape index (κ3) is 6.46. The van der Waals surface area contributed by atoms with Crippen LogP contribution in [0.3, 0.4) is 0 Å². The first-order valence-electron chi connectivity index (χ1n) is 23.3. The summed E-state index contributed by atoms with van der Waals surface area (Å²) in [5.74, 6) is 0. The summed E-state index contributed by atoms with van der Waals surface area (Å²) in [6, 6.07) is 62.3. The molecule has 7 heteroatoms. The molecule has 0 radical (unpaired) electrons. The summed E-state index contributed by atoms with van der Waals surface area (Å²) >= 11 is 0. The van der Waals surface area contributed by atoms with E-state index in [4.69, 9.17) is 13.3 Å². The summed E-state index contributed by atoms with van der Waals surface area (Å²) in [6.07, 6.45) is 0. The first-order chi connectivity index (χ1) is 33.4. The van der Waals surface area contributed by atoms with Crippen molar-refractivity contribution in [1.29, 1.82) is 10.5 Å². The van der Waals surface area contributed by atoms with Crippen molar-refractivity contribution in [2.24, 2.45) is 0 Å². The molecule has 0 aliphatic carbocycles. The maximum Gasteiger partial charge on any atom is 0.162 e. The van der Waals surface area contributed by atoms with Gasteiger partial charge in [0.2, 0.25) is 0 Å². The topological polar surface area (TPSA) is 93.5 Å². The van der Waals surface area contributed by atoms with Crippen LogP contribution in [0.15, 0.2) is 183 Å². The van der Waals surface area contributed by atoms with Crippen molar-refractivity contribution in [2.75, 3.05) is 9.80 Å². The van der Waals surface area contributed by atoms with Gasteiger partial charge >= 0.3 is 0 Å². The number of hydrogen-bond acceptors (Lipinski definition) is 7. The van der Waals surface area contributed by atoms with Crippen LogP contribution in [-0.4, -0.2) is 0 Å². The molecule has 12 rings (SSSR count). The number of furan rings is 3. The molecule has 0 bridgehead atoms. The molecule has 12 aromatic rings. The second kappa shape index (κ2) is 15.4. The molecular weight excluding hydrogens is 849 g/mol. The van der Waals surface area contributed by atoms with Gasteiger partial charge in [0.05, 0.1) is 51.4 Å². The van der Waals surface area contributed by atoms with E-state index < -0.39 is 0 Å². The minimum Gasteiger partial charge on any atom is -0.454 e. The number of nitrogens with zero attached hydrogens (tertiary/aromatic N) is 4. The van der Waals surface area contributed by atoms with E-state index in [1.807, 2.05) is 60.7 Å². The fourth-order valence-corrected chi connectivity index (χ4v) is 10.3. The van der Waals surface area contributed by atoms with Gasteiger partial charge in [-0.2, -0.15) is 10.5 Å².